The number of hydrogen-bond donors (Lipinski definition) is 1. The fourth-order valence-electron chi connectivity index (χ4n) is 2.57. The van der Waals surface area contributed by atoms with Crippen LogP contribution in [0.25, 0.3) is 0 Å². The van der Waals surface area contributed by atoms with Gasteiger partial charge in [0.15, 0.2) is 0 Å². The largest absolute Gasteiger partial charge is 0.573 e. The van der Waals surface area contributed by atoms with Gasteiger partial charge in [-0.15, -0.1) is 13.2 Å². The number of halogens is 3. The minimum atomic E-state index is -4.68. The monoisotopic (exact) mass is 303 g/mol. The highest BCUT2D eigenvalue weighted by Crippen LogP contribution is 2.26. The Kier molecular flexibility index (Phi) is 5.11. The quantitative estimate of drug-likeness (QED) is 0.923. The van der Waals surface area contributed by atoms with Crippen molar-refractivity contribution in [2.75, 3.05) is 0 Å². The lowest BCUT2D eigenvalue weighted by molar-refractivity contribution is -0.274. The maximum Gasteiger partial charge on any atom is 0.573 e. The zero-order valence-corrected chi connectivity index (χ0v) is 12.0. The van der Waals surface area contributed by atoms with Crippen LogP contribution in [0.15, 0.2) is 18.2 Å². The minimum Gasteiger partial charge on any atom is -0.406 e. The summed E-state index contributed by atoms with van der Waals surface area (Å²) in [4.78, 5) is 0. The first kappa shape index (κ1) is 16.1. The first-order valence-corrected chi connectivity index (χ1v) is 7.05. The summed E-state index contributed by atoms with van der Waals surface area (Å²) < 4.78 is 46.5. The average Bonchev–Trinajstić information content (AvgIpc) is 2.35. The third-order valence-electron chi connectivity index (χ3n) is 3.55. The van der Waals surface area contributed by atoms with Gasteiger partial charge in [-0.1, -0.05) is 6.07 Å². The summed E-state index contributed by atoms with van der Waals surface area (Å²) in [6.45, 7) is 2.02. The van der Waals surface area contributed by atoms with Crippen molar-refractivity contribution in [2.45, 2.75) is 57.7 Å². The van der Waals surface area contributed by atoms with Crippen LogP contribution < -0.4 is 10.5 Å². The molecule has 1 saturated carbocycles. The van der Waals surface area contributed by atoms with Crippen LogP contribution in [0.4, 0.5) is 13.2 Å². The fourth-order valence-corrected chi connectivity index (χ4v) is 2.57. The van der Waals surface area contributed by atoms with Crippen molar-refractivity contribution < 1.29 is 22.6 Å². The SMILES string of the molecule is Cc1cc(COC2CCC(N)CC2)cc(OC(F)(F)F)c1. The maximum atomic E-state index is 12.3. The van der Waals surface area contributed by atoms with Crippen LogP contribution in [0.1, 0.15) is 36.8 Å². The molecule has 0 bridgehead atoms. The van der Waals surface area contributed by atoms with E-state index in [1.807, 2.05) is 0 Å². The summed E-state index contributed by atoms with van der Waals surface area (Å²) in [6, 6.07) is 4.78. The van der Waals surface area contributed by atoms with Crippen molar-refractivity contribution in [3.05, 3.63) is 29.3 Å². The molecular weight excluding hydrogens is 283 g/mol. The number of benzene rings is 1. The van der Waals surface area contributed by atoms with Crippen molar-refractivity contribution in [1.82, 2.24) is 0 Å². The predicted octanol–water partition coefficient (Wildman–Crippen LogP) is 3.68. The van der Waals surface area contributed by atoms with Gasteiger partial charge in [0, 0.05) is 6.04 Å². The van der Waals surface area contributed by atoms with Gasteiger partial charge >= 0.3 is 6.36 Å². The Hall–Kier alpha value is -1.27. The summed E-state index contributed by atoms with van der Waals surface area (Å²) in [6.07, 6.45) is -0.872. The van der Waals surface area contributed by atoms with Gasteiger partial charge in [0.25, 0.3) is 0 Å². The molecule has 0 aromatic heterocycles. The molecule has 0 unspecified atom stereocenters. The zero-order chi connectivity index (χ0) is 15.5. The van der Waals surface area contributed by atoms with Gasteiger partial charge in [-0.2, -0.15) is 0 Å². The third-order valence-corrected chi connectivity index (χ3v) is 3.55. The highest BCUT2D eigenvalue weighted by Gasteiger charge is 2.31. The number of hydrogen-bond acceptors (Lipinski definition) is 3. The van der Waals surface area contributed by atoms with Gasteiger partial charge in [-0.25, -0.2) is 0 Å². The van der Waals surface area contributed by atoms with E-state index >= 15 is 0 Å². The summed E-state index contributed by atoms with van der Waals surface area (Å²) in [5, 5.41) is 0. The highest BCUT2D eigenvalue weighted by molar-refractivity contribution is 5.33. The fraction of sp³-hybridized carbons (Fsp3) is 0.600. The lowest BCUT2D eigenvalue weighted by Gasteiger charge is -2.26. The van der Waals surface area contributed by atoms with Gasteiger partial charge in [-0.3, -0.25) is 0 Å². The van der Waals surface area contributed by atoms with Crippen molar-refractivity contribution in [2.24, 2.45) is 5.73 Å². The van der Waals surface area contributed by atoms with E-state index in [-0.39, 0.29) is 24.5 Å². The Balaban J connectivity index is 1.93. The molecule has 0 heterocycles. The molecule has 21 heavy (non-hydrogen) atoms. The van der Waals surface area contributed by atoms with Crippen molar-refractivity contribution in [3.63, 3.8) is 0 Å². The molecule has 0 radical (unpaired) electrons. The van der Waals surface area contributed by atoms with E-state index in [2.05, 4.69) is 4.74 Å². The maximum absolute atomic E-state index is 12.3. The van der Waals surface area contributed by atoms with E-state index in [1.54, 1.807) is 13.0 Å². The van der Waals surface area contributed by atoms with E-state index < -0.39 is 6.36 Å². The second-order valence-electron chi connectivity index (χ2n) is 5.55. The molecule has 0 amide bonds. The second kappa shape index (κ2) is 6.66. The van der Waals surface area contributed by atoms with Crippen LogP contribution >= 0.6 is 0 Å². The van der Waals surface area contributed by atoms with Crippen LogP contribution in [-0.2, 0) is 11.3 Å². The van der Waals surface area contributed by atoms with Crippen LogP contribution in [0, 0.1) is 6.92 Å². The molecule has 3 nitrogen and oxygen atoms in total. The van der Waals surface area contributed by atoms with Crippen LogP contribution in [0.2, 0.25) is 0 Å². The molecule has 0 saturated heterocycles. The predicted molar refractivity (Wildman–Crippen MR) is 72.9 cm³/mol. The topological polar surface area (TPSA) is 44.5 Å². The molecule has 1 aliphatic rings. The first-order chi connectivity index (χ1) is 9.82. The van der Waals surface area contributed by atoms with Gasteiger partial charge in [0.05, 0.1) is 12.7 Å². The third kappa shape index (κ3) is 5.55. The van der Waals surface area contributed by atoms with E-state index in [0.717, 1.165) is 25.7 Å². The Morgan fingerprint density at radius 1 is 1.14 bits per heavy atom. The van der Waals surface area contributed by atoms with E-state index in [4.69, 9.17) is 10.5 Å². The van der Waals surface area contributed by atoms with Gasteiger partial charge < -0.3 is 15.2 Å². The molecule has 0 spiro atoms. The average molecular weight is 303 g/mol. The van der Waals surface area contributed by atoms with Crippen molar-refractivity contribution >= 4 is 0 Å². The van der Waals surface area contributed by atoms with Crippen LogP contribution in [-0.4, -0.2) is 18.5 Å². The molecule has 1 aromatic carbocycles. The van der Waals surface area contributed by atoms with Gasteiger partial charge in [0.1, 0.15) is 5.75 Å². The number of alkyl halides is 3. The number of ether oxygens (including phenoxy) is 2. The smallest absolute Gasteiger partial charge is 0.406 e. The van der Waals surface area contributed by atoms with E-state index in [9.17, 15) is 13.2 Å². The molecule has 0 aliphatic heterocycles. The number of aryl methyl sites for hydroxylation is 1. The molecule has 2 rings (SSSR count). The lowest BCUT2D eigenvalue weighted by Crippen LogP contribution is -2.30. The Morgan fingerprint density at radius 2 is 1.81 bits per heavy atom. The Bertz CT molecular complexity index is 468. The molecular formula is C15H20F3NO2. The molecule has 6 heteroatoms. The molecule has 1 aliphatic carbocycles. The van der Waals surface area contributed by atoms with Crippen molar-refractivity contribution in [3.8, 4) is 5.75 Å². The molecule has 118 valence electrons. The van der Waals surface area contributed by atoms with Crippen LogP contribution in [0.3, 0.4) is 0 Å². The molecule has 2 N–H and O–H groups in total. The summed E-state index contributed by atoms with van der Waals surface area (Å²) in [7, 11) is 0. The van der Waals surface area contributed by atoms with Crippen LogP contribution in [0.5, 0.6) is 5.75 Å². The highest BCUT2D eigenvalue weighted by atomic mass is 19.4. The Labute approximate surface area is 122 Å². The Morgan fingerprint density at radius 3 is 2.43 bits per heavy atom. The summed E-state index contributed by atoms with van der Waals surface area (Å²) in [5.41, 5.74) is 7.22. The lowest BCUT2D eigenvalue weighted by atomic mass is 9.94. The first-order valence-electron chi connectivity index (χ1n) is 7.05. The molecule has 0 atom stereocenters. The van der Waals surface area contributed by atoms with Gasteiger partial charge in [0.2, 0.25) is 0 Å². The zero-order valence-electron chi connectivity index (χ0n) is 12.0. The van der Waals surface area contributed by atoms with Gasteiger partial charge in [-0.05, 0) is 55.9 Å². The number of rotatable bonds is 4. The van der Waals surface area contributed by atoms with Crippen molar-refractivity contribution in [1.29, 1.82) is 0 Å². The van der Waals surface area contributed by atoms with E-state index in [1.165, 1.54) is 12.1 Å². The second-order valence-corrected chi connectivity index (χ2v) is 5.55. The molecule has 1 fully saturated rings. The summed E-state index contributed by atoms with van der Waals surface area (Å²) >= 11 is 0. The van der Waals surface area contributed by atoms with E-state index in [0.29, 0.717) is 11.1 Å². The summed E-state index contributed by atoms with van der Waals surface area (Å²) in [5.74, 6) is -0.202. The minimum absolute atomic E-state index is 0.136. The molecule has 1 aromatic rings. The normalized spacial score (nSPS) is 23.1. The number of nitrogens with two attached hydrogens (primary N) is 1. The standard InChI is InChI=1S/C15H20F3NO2/c1-10-6-11(8-14(7-10)21-15(16,17)18)9-20-13-4-2-12(19)3-5-13/h6-8,12-13H,2-5,9,19H2,1H3.